The molecule has 1 aliphatic heterocycles. The van der Waals surface area contributed by atoms with E-state index in [1.54, 1.807) is 0 Å². The Morgan fingerprint density at radius 3 is 1.75 bits per heavy atom. The zero-order chi connectivity index (χ0) is 12.1. The predicted molar refractivity (Wildman–Crippen MR) is 64.0 cm³/mol. The number of carboxylic acid groups (broad SMARTS) is 1. The van der Waals surface area contributed by atoms with E-state index in [9.17, 15) is 4.79 Å². The number of hydrogen-bond acceptors (Lipinski definition) is 6. The standard InChI is InChI=1S/C4H8O.C2H5NO2S.C2H4O2.CH4/c1-2-4-5-3-1;1-2(4)5-3-6;1-2(3)4;/h1-4H2;3,6H,1H3;1H3,(H,3,4);1H4. The van der Waals surface area contributed by atoms with Gasteiger partial charge in [-0.05, 0) is 12.8 Å². The Kier molecular flexibility index (Phi) is 21.4. The molecule has 0 radical (unpaired) electrons. The van der Waals surface area contributed by atoms with Crippen molar-refractivity contribution in [1.82, 2.24) is 4.89 Å². The van der Waals surface area contributed by atoms with E-state index in [-0.39, 0.29) is 7.43 Å². The number of rotatable bonds is 1. The van der Waals surface area contributed by atoms with E-state index < -0.39 is 11.9 Å². The van der Waals surface area contributed by atoms with Crippen molar-refractivity contribution in [2.75, 3.05) is 13.2 Å². The van der Waals surface area contributed by atoms with E-state index in [0.29, 0.717) is 0 Å². The molecule has 1 heterocycles. The van der Waals surface area contributed by atoms with Gasteiger partial charge in [0.05, 0.1) is 0 Å². The third kappa shape index (κ3) is 37.9. The average molecular weight is 255 g/mol. The summed E-state index contributed by atoms with van der Waals surface area (Å²) in [7, 11) is 0. The van der Waals surface area contributed by atoms with Crippen LogP contribution in [0.3, 0.4) is 0 Å². The number of ether oxygens (including phenoxy) is 1. The molecule has 0 atom stereocenters. The van der Waals surface area contributed by atoms with Crippen LogP contribution >= 0.6 is 12.8 Å². The van der Waals surface area contributed by atoms with Crippen LogP contribution < -0.4 is 4.89 Å². The SMILES string of the molecule is C.C1CCOC1.CC(=O)O.CC(=O)ONS. The molecule has 98 valence electrons. The van der Waals surface area contributed by atoms with Crippen molar-refractivity contribution >= 4 is 24.8 Å². The van der Waals surface area contributed by atoms with Crippen LogP contribution in [0.1, 0.15) is 34.1 Å². The number of nitrogens with one attached hydrogen (secondary N) is 1. The molecule has 16 heavy (non-hydrogen) atoms. The van der Waals surface area contributed by atoms with Crippen molar-refractivity contribution in [2.45, 2.75) is 34.1 Å². The van der Waals surface area contributed by atoms with Crippen LogP contribution in [0.5, 0.6) is 0 Å². The smallest absolute Gasteiger partial charge is 0.322 e. The lowest BCUT2D eigenvalue weighted by Crippen LogP contribution is -2.05. The Balaban J connectivity index is -0.000000157. The van der Waals surface area contributed by atoms with Crippen molar-refractivity contribution in [2.24, 2.45) is 0 Å². The van der Waals surface area contributed by atoms with Gasteiger partial charge < -0.3 is 14.7 Å². The summed E-state index contributed by atoms with van der Waals surface area (Å²) in [6.45, 7) is 4.36. The molecule has 0 spiro atoms. The van der Waals surface area contributed by atoms with Gasteiger partial charge in [0.15, 0.2) is 0 Å². The van der Waals surface area contributed by atoms with Crippen LogP contribution in [-0.4, -0.2) is 30.3 Å². The average Bonchev–Trinajstić information content (AvgIpc) is 2.58. The summed E-state index contributed by atoms with van der Waals surface area (Å²) >= 11 is 3.37. The molecule has 2 N–H and O–H groups in total. The van der Waals surface area contributed by atoms with Crippen molar-refractivity contribution in [1.29, 1.82) is 0 Å². The van der Waals surface area contributed by atoms with Gasteiger partial charge >= 0.3 is 5.97 Å². The second-order valence-corrected chi connectivity index (χ2v) is 2.71. The van der Waals surface area contributed by atoms with Crippen LogP contribution in [-0.2, 0) is 19.2 Å². The maximum atomic E-state index is 9.71. The Hall–Kier alpha value is -0.790. The summed E-state index contributed by atoms with van der Waals surface area (Å²) in [6, 6.07) is 0. The quantitative estimate of drug-likeness (QED) is 0.485. The fourth-order valence-corrected chi connectivity index (χ4v) is 0.703. The molecule has 0 saturated carbocycles. The van der Waals surface area contributed by atoms with Gasteiger partial charge in [-0.25, -0.2) is 0 Å². The lowest BCUT2D eigenvalue weighted by molar-refractivity contribution is -0.143. The highest BCUT2D eigenvalue weighted by molar-refractivity contribution is 7.77. The number of aliphatic carboxylic acids is 1. The van der Waals surface area contributed by atoms with E-state index in [1.165, 1.54) is 19.8 Å². The van der Waals surface area contributed by atoms with Crippen LogP contribution in [0.4, 0.5) is 0 Å². The molecule has 1 saturated heterocycles. The molecule has 0 aromatic heterocycles. The highest BCUT2D eigenvalue weighted by atomic mass is 32.1. The predicted octanol–water partition coefficient (Wildman–Crippen LogP) is 1.42. The number of carbonyl (C=O) groups excluding carboxylic acids is 1. The van der Waals surface area contributed by atoms with E-state index in [0.717, 1.165) is 20.1 Å². The van der Waals surface area contributed by atoms with Crippen molar-refractivity contribution < 1.29 is 24.3 Å². The van der Waals surface area contributed by atoms with Gasteiger partial charge in [-0.1, -0.05) is 25.1 Å². The van der Waals surface area contributed by atoms with E-state index >= 15 is 0 Å². The fraction of sp³-hybridized carbons (Fsp3) is 0.778. The second-order valence-electron chi connectivity index (χ2n) is 2.52. The summed E-state index contributed by atoms with van der Waals surface area (Å²) in [5.41, 5.74) is 0. The third-order valence-electron chi connectivity index (χ3n) is 1.02. The van der Waals surface area contributed by atoms with Crippen LogP contribution in [0.25, 0.3) is 0 Å². The van der Waals surface area contributed by atoms with E-state index in [1.807, 2.05) is 4.89 Å². The normalized spacial score (nSPS) is 11.9. The first-order chi connectivity index (χ1) is 7.00. The lowest BCUT2D eigenvalue weighted by Gasteiger charge is -1.89. The summed E-state index contributed by atoms with van der Waals surface area (Å²) in [5.74, 6) is -1.23. The van der Waals surface area contributed by atoms with Crippen LogP contribution in [0, 0.1) is 0 Å². The molecule has 0 aromatic rings. The first kappa shape index (κ1) is 20.6. The van der Waals surface area contributed by atoms with Crippen molar-refractivity contribution in [3.8, 4) is 0 Å². The van der Waals surface area contributed by atoms with Crippen LogP contribution in [0.2, 0.25) is 0 Å². The van der Waals surface area contributed by atoms with Gasteiger partial charge in [-0.3, -0.25) is 9.59 Å². The summed E-state index contributed by atoms with van der Waals surface area (Å²) in [4.78, 5) is 24.6. The van der Waals surface area contributed by atoms with Gasteiger partial charge in [0.1, 0.15) is 0 Å². The molecule has 1 fully saturated rings. The zero-order valence-electron chi connectivity index (χ0n) is 8.86. The number of carboxylic acids is 1. The Morgan fingerprint density at radius 1 is 1.31 bits per heavy atom. The first-order valence-electron chi connectivity index (χ1n) is 4.34. The molecule has 0 aromatic carbocycles. The molecule has 0 aliphatic carbocycles. The minimum atomic E-state index is -0.833. The van der Waals surface area contributed by atoms with E-state index in [4.69, 9.17) is 14.6 Å². The minimum Gasteiger partial charge on any atom is -0.481 e. The van der Waals surface area contributed by atoms with E-state index in [2.05, 4.69) is 17.7 Å². The topological polar surface area (TPSA) is 84.9 Å². The molecule has 1 aliphatic rings. The Morgan fingerprint density at radius 2 is 1.69 bits per heavy atom. The fourth-order valence-electron chi connectivity index (χ4n) is 0.575. The van der Waals surface area contributed by atoms with Gasteiger partial charge in [0, 0.05) is 27.1 Å². The lowest BCUT2D eigenvalue weighted by atomic mass is 10.4. The Bertz CT molecular complexity index is 162. The number of thiol groups is 1. The molecular formula is C9H21NO5S. The molecule has 1 rings (SSSR count). The highest BCUT2D eigenvalue weighted by Crippen LogP contribution is 1.98. The maximum absolute atomic E-state index is 9.71. The molecule has 0 amide bonds. The molecule has 0 unspecified atom stereocenters. The minimum absolute atomic E-state index is 0. The molecular weight excluding hydrogens is 234 g/mol. The largest absolute Gasteiger partial charge is 0.481 e. The number of carbonyl (C=O) groups is 2. The summed E-state index contributed by atoms with van der Waals surface area (Å²) in [6.07, 6.45) is 2.56. The summed E-state index contributed by atoms with van der Waals surface area (Å²) < 4.78 is 4.94. The van der Waals surface area contributed by atoms with Gasteiger partial charge in [-0.15, -0.1) is 0 Å². The number of hydrogen-bond donors (Lipinski definition) is 3. The summed E-state index contributed by atoms with van der Waals surface area (Å²) in [5, 5.41) is 7.42. The molecule has 7 heteroatoms. The van der Waals surface area contributed by atoms with Crippen molar-refractivity contribution in [3.63, 3.8) is 0 Å². The third-order valence-corrected chi connectivity index (χ3v) is 1.11. The monoisotopic (exact) mass is 255 g/mol. The Labute approximate surface area is 102 Å². The first-order valence-corrected chi connectivity index (χ1v) is 4.79. The highest BCUT2D eigenvalue weighted by Gasteiger charge is 1.94. The van der Waals surface area contributed by atoms with Gasteiger partial charge in [0.25, 0.3) is 5.97 Å². The zero-order valence-corrected chi connectivity index (χ0v) is 9.75. The van der Waals surface area contributed by atoms with Gasteiger partial charge in [-0.2, -0.15) is 0 Å². The van der Waals surface area contributed by atoms with Crippen molar-refractivity contribution in [3.05, 3.63) is 0 Å². The second kappa shape index (κ2) is 16.6. The maximum Gasteiger partial charge on any atom is 0.322 e. The van der Waals surface area contributed by atoms with Gasteiger partial charge in [0.2, 0.25) is 0 Å². The van der Waals surface area contributed by atoms with Crippen LogP contribution in [0.15, 0.2) is 0 Å². The molecule has 0 bridgehead atoms. The molecule has 6 nitrogen and oxygen atoms in total.